The SMILES string of the molecule is CC(C)c1cc2c(-c3ccccc3Cl)c(-[n+]3ccccc3)c(=O)[nH]c2s1. The van der Waals surface area contributed by atoms with Gasteiger partial charge in [0.15, 0.2) is 12.4 Å². The van der Waals surface area contributed by atoms with Crippen LogP contribution in [0.1, 0.15) is 24.6 Å². The van der Waals surface area contributed by atoms with Gasteiger partial charge in [-0.15, -0.1) is 11.3 Å². The summed E-state index contributed by atoms with van der Waals surface area (Å²) in [6, 6.07) is 15.6. The van der Waals surface area contributed by atoms with Crippen molar-refractivity contribution in [3.8, 4) is 16.8 Å². The molecule has 0 fully saturated rings. The molecule has 1 N–H and O–H groups in total. The van der Waals surface area contributed by atoms with Gasteiger partial charge in [-0.2, -0.15) is 4.57 Å². The predicted molar refractivity (Wildman–Crippen MR) is 109 cm³/mol. The van der Waals surface area contributed by atoms with Gasteiger partial charge in [0.05, 0.1) is 5.56 Å². The van der Waals surface area contributed by atoms with Crippen LogP contribution in [0.4, 0.5) is 0 Å². The Morgan fingerprint density at radius 3 is 2.50 bits per heavy atom. The fraction of sp³-hybridized carbons (Fsp3) is 0.143. The summed E-state index contributed by atoms with van der Waals surface area (Å²) in [5.74, 6) is 0.392. The molecule has 0 aliphatic rings. The number of fused-ring (bicyclic) bond motifs is 1. The Hall–Kier alpha value is -2.43. The topological polar surface area (TPSA) is 36.7 Å². The lowest BCUT2D eigenvalue weighted by Gasteiger charge is -2.08. The molecule has 4 rings (SSSR count). The molecule has 3 nitrogen and oxygen atoms in total. The highest BCUT2D eigenvalue weighted by Gasteiger charge is 2.25. The molecule has 3 aromatic heterocycles. The molecule has 0 aliphatic carbocycles. The van der Waals surface area contributed by atoms with E-state index in [2.05, 4.69) is 24.9 Å². The molecule has 26 heavy (non-hydrogen) atoms. The summed E-state index contributed by atoms with van der Waals surface area (Å²) in [6.45, 7) is 4.32. The van der Waals surface area contributed by atoms with Gasteiger partial charge in [0.1, 0.15) is 4.83 Å². The maximum atomic E-state index is 13.0. The van der Waals surface area contributed by atoms with Crippen molar-refractivity contribution in [2.75, 3.05) is 0 Å². The number of hydrogen-bond donors (Lipinski definition) is 1. The number of benzene rings is 1. The summed E-state index contributed by atoms with van der Waals surface area (Å²) < 4.78 is 1.85. The van der Waals surface area contributed by atoms with Crippen molar-refractivity contribution in [3.05, 3.63) is 81.2 Å². The maximum Gasteiger partial charge on any atom is 0.322 e. The minimum absolute atomic E-state index is 0.124. The van der Waals surface area contributed by atoms with Crippen LogP contribution >= 0.6 is 22.9 Å². The Labute approximate surface area is 160 Å². The maximum absolute atomic E-state index is 13.0. The van der Waals surface area contributed by atoms with Gasteiger partial charge in [-0.05, 0) is 18.1 Å². The van der Waals surface area contributed by atoms with Gasteiger partial charge in [0, 0.05) is 33.0 Å². The van der Waals surface area contributed by atoms with Crippen LogP contribution in [0.2, 0.25) is 5.02 Å². The number of rotatable bonds is 3. The van der Waals surface area contributed by atoms with E-state index in [0.717, 1.165) is 21.3 Å². The van der Waals surface area contributed by atoms with Crippen molar-refractivity contribution in [1.29, 1.82) is 0 Å². The smallest absolute Gasteiger partial charge is 0.308 e. The molecule has 0 saturated heterocycles. The van der Waals surface area contributed by atoms with E-state index in [0.29, 0.717) is 16.6 Å². The third kappa shape index (κ3) is 2.85. The van der Waals surface area contributed by atoms with Crippen molar-refractivity contribution in [3.63, 3.8) is 0 Å². The van der Waals surface area contributed by atoms with Gasteiger partial charge in [-0.25, -0.2) is 0 Å². The highest BCUT2D eigenvalue weighted by molar-refractivity contribution is 7.18. The van der Waals surface area contributed by atoms with E-state index in [9.17, 15) is 4.79 Å². The number of nitrogens with zero attached hydrogens (tertiary/aromatic N) is 1. The molecule has 0 aliphatic heterocycles. The van der Waals surface area contributed by atoms with Crippen molar-refractivity contribution < 1.29 is 4.57 Å². The van der Waals surface area contributed by atoms with Crippen LogP contribution in [0.25, 0.3) is 27.0 Å². The molecular weight excluding hydrogens is 364 g/mol. The second-order valence-corrected chi connectivity index (χ2v) is 7.98. The van der Waals surface area contributed by atoms with E-state index in [1.807, 2.05) is 59.4 Å². The average Bonchev–Trinajstić information content (AvgIpc) is 3.06. The molecular formula is C21H18ClN2OS+. The molecule has 0 unspecified atom stereocenters. The lowest BCUT2D eigenvalue weighted by molar-refractivity contribution is -0.596. The first-order chi connectivity index (χ1) is 12.6. The number of halogens is 1. The van der Waals surface area contributed by atoms with Crippen molar-refractivity contribution in [2.24, 2.45) is 0 Å². The summed E-state index contributed by atoms with van der Waals surface area (Å²) >= 11 is 8.15. The number of hydrogen-bond acceptors (Lipinski definition) is 2. The monoisotopic (exact) mass is 381 g/mol. The average molecular weight is 382 g/mol. The van der Waals surface area contributed by atoms with Crippen LogP contribution in [0.5, 0.6) is 0 Å². The van der Waals surface area contributed by atoms with Crippen LogP contribution in [0.3, 0.4) is 0 Å². The summed E-state index contributed by atoms with van der Waals surface area (Å²) in [5, 5.41) is 1.66. The van der Waals surface area contributed by atoms with Gasteiger partial charge in [0.2, 0.25) is 0 Å². The number of pyridine rings is 2. The van der Waals surface area contributed by atoms with E-state index in [4.69, 9.17) is 11.6 Å². The fourth-order valence-corrected chi connectivity index (χ4v) is 4.40. The Kier molecular flexibility index (Phi) is 4.39. The third-order valence-electron chi connectivity index (χ3n) is 4.39. The quantitative estimate of drug-likeness (QED) is 0.480. The van der Waals surface area contributed by atoms with Crippen LogP contribution in [0, 0.1) is 0 Å². The van der Waals surface area contributed by atoms with Crippen LogP contribution in [-0.2, 0) is 0 Å². The van der Waals surface area contributed by atoms with E-state index < -0.39 is 0 Å². The Bertz CT molecular complexity index is 1150. The molecule has 4 aromatic rings. The molecule has 3 heterocycles. The Morgan fingerprint density at radius 1 is 1.08 bits per heavy atom. The molecule has 0 amide bonds. The largest absolute Gasteiger partial charge is 0.322 e. The molecule has 0 spiro atoms. The zero-order valence-electron chi connectivity index (χ0n) is 14.5. The lowest BCUT2D eigenvalue weighted by Crippen LogP contribution is -2.37. The molecule has 0 saturated carbocycles. The van der Waals surface area contributed by atoms with E-state index in [1.54, 1.807) is 11.3 Å². The summed E-state index contributed by atoms with van der Waals surface area (Å²) in [4.78, 5) is 18.2. The summed E-state index contributed by atoms with van der Waals surface area (Å²) in [7, 11) is 0. The number of aromatic amines is 1. The fourth-order valence-electron chi connectivity index (χ4n) is 3.11. The normalized spacial score (nSPS) is 11.4. The van der Waals surface area contributed by atoms with Crippen molar-refractivity contribution in [2.45, 2.75) is 19.8 Å². The van der Waals surface area contributed by atoms with Gasteiger partial charge in [0.25, 0.3) is 5.69 Å². The Morgan fingerprint density at radius 2 is 1.81 bits per heavy atom. The minimum Gasteiger partial charge on any atom is -0.308 e. The summed E-state index contributed by atoms with van der Waals surface area (Å²) in [5.41, 5.74) is 2.19. The van der Waals surface area contributed by atoms with Crippen LogP contribution in [0.15, 0.2) is 65.7 Å². The first kappa shape index (κ1) is 17.0. The molecule has 0 bridgehead atoms. The number of H-pyrrole nitrogens is 1. The second-order valence-electron chi connectivity index (χ2n) is 6.49. The van der Waals surface area contributed by atoms with Crippen molar-refractivity contribution >= 4 is 33.2 Å². The predicted octanol–water partition coefficient (Wildman–Crippen LogP) is 5.31. The van der Waals surface area contributed by atoms with Gasteiger partial charge < -0.3 is 4.98 Å². The highest BCUT2D eigenvalue weighted by atomic mass is 35.5. The molecule has 1 aromatic carbocycles. The highest BCUT2D eigenvalue weighted by Crippen LogP contribution is 2.39. The van der Waals surface area contributed by atoms with Crippen LogP contribution in [-0.4, -0.2) is 4.98 Å². The first-order valence-corrected chi connectivity index (χ1v) is 9.67. The minimum atomic E-state index is -0.124. The first-order valence-electron chi connectivity index (χ1n) is 8.47. The van der Waals surface area contributed by atoms with Gasteiger partial charge in [-0.3, -0.25) is 4.79 Å². The van der Waals surface area contributed by atoms with Gasteiger partial charge in [-0.1, -0.05) is 49.7 Å². The Balaban J connectivity index is 2.17. The van der Waals surface area contributed by atoms with E-state index >= 15 is 0 Å². The molecule has 130 valence electrons. The van der Waals surface area contributed by atoms with Crippen molar-refractivity contribution in [1.82, 2.24) is 4.98 Å². The van der Waals surface area contributed by atoms with Crippen LogP contribution < -0.4 is 10.1 Å². The second kappa shape index (κ2) is 6.71. The molecule has 5 heteroatoms. The standard InChI is InChI=1S/C21H17ClN2OS/c1-13(2)17-12-15-18(14-8-4-5-9-16(14)22)19(20(25)23-21(15)26-17)24-10-6-3-7-11-24/h3-13H,1-2H3/p+1. The molecule has 0 radical (unpaired) electrons. The number of nitrogens with one attached hydrogen (secondary N) is 1. The van der Waals surface area contributed by atoms with E-state index in [1.165, 1.54) is 4.88 Å². The lowest BCUT2D eigenvalue weighted by atomic mass is 10.0. The third-order valence-corrected chi connectivity index (χ3v) is 6.07. The number of thiophene rings is 1. The zero-order valence-corrected chi connectivity index (χ0v) is 16.1. The molecule has 0 atom stereocenters. The van der Waals surface area contributed by atoms with E-state index in [-0.39, 0.29) is 5.56 Å². The van der Waals surface area contributed by atoms with Gasteiger partial charge >= 0.3 is 5.56 Å². The number of aromatic nitrogens is 2. The summed E-state index contributed by atoms with van der Waals surface area (Å²) in [6.07, 6.45) is 3.76. The zero-order chi connectivity index (χ0) is 18.3.